The Kier molecular flexibility index (Phi) is 11.5. The van der Waals surface area contributed by atoms with E-state index in [2.05, 4.69) is 9.71 Å². The van der Waals surface area contributed by atoms with Gasteiger partial charge in [0.05, 0.1) is 62.3 Å². The number of methoxy groups -OCH3 is 1. The van der Waals surface area contributed by atoms with Crippen LogP contribution in [0.2, 0.25) is 5.02 Å². The number of primary sulfonamides is 1. The quantitative estimate of drug-likeness (QED) is 0.0973. The van der Waals surface area contributed by atoms with Crippen LogP contribution in [0, 0.1) is 17.5 Å². The van der Waals surface area contributed by atoms with Crippen LogP contribution < -0.4 is 14.6 Å². The summed E-state index contributed by atoms with van der Waals surface area (Å²) in [5.74, 6) is -3.06. The number of sulfonamides is 2. The van der Waals surface area contributed by atoms with Crippen molar-refractivity contribution in [2.45, 2.75) is 46.4 Å². The molecule has 0 saturated heterocycles. The first-order valence-electron chi connectivity index (χ1n) is 14.8. The maximum Gasteiger partial charge on any atom is 0.240 e. The molecule has 0 atom stereocenters. The van der Waals surface area contributed by atoms with Crippen molar-refractivity contribution in [3.05, 3.63) is 94.0 Å². The highest BCUT2D eigenvalue weighted by Gasteiger charge is 2.31. The van der Waals surface area contributed by atoms with Gasteiger partial charge in [-0.2, -0.15) is 0 Å². The molecule has 0 unspecified atom stereocenters. The van der Waals surface area contributed by atoms with Gasteiger partial charge in [-0.15, -0.1) is 0 Å². The minimum Gasteiger partial charge on any atom is -0.494 e. The molecule has 0 saturated carbocycles. The van der Waals surface area contributed by atoms with Gasteiger partial charge < -0.3 is 9.22 Å². The Labute approximate surface area is 294 Å². The van der Waals surface area contributed by atoms with Gasteiger partial charge in [0.2, 0.25) is 20.0 Å². The van der Waals surface area contributed by atoms with E-state index in [-0.39, 0.29) is 38.7 Å². The van der Waals surface area contributed by atoms with Crippen molar-refractivity contribution >= 4 is 43.4 Å². The number of nitrogens with one attached hydrogen (secondary N) is 1. The Morgan fingerprint density at radius 2 is 1.65 bits per heavy atom. The molecule has 1 aromatic heterocycles. The SMILES string of the molecule is COc1cc(-n2c(C(C)(C)c3ccc(S(N)(=O)=O)c(Cl)c3)cnc2SCc2c(F)cc(S(=O)(=O)NCCC[N+](C)(C)C)cc2F)ccc1F. The number of hydrogen-bond donors (Lipinski definition) is 2. The fourth-order valence-corrected chi connectivity index (χ4v) is 8.23. The Morgan fingerprint density at radius 3 is 2.22 bits per heavy atom. The number of hydrogen-bond acceptors (Lipinski definition) is 7. The summed E-state index contributed by atoms with van der Waals surface area (Å²) in [5.41, 5.74) is 0.233. The molecular weight excluding hydrogens is 723 g/mol. The van der Waals surface area contributed by atoms with Crippen molar-refractivity contribution in [2.24, 2.45) is 5.14 Å². The number of nitrogens with zero attached hydrogens (tertiary/aromatic N) is 3. The van der Waals surface area contributed by atoms with Crippen molar-refractivity contribution < 1.29 is 39.2 Å². The summed E-state index contributed by atoms with van der Waals surface area (Å²) in [5, 5.41) is 5.45. The molecule has 0 amide bonds. The van der Waals surface area contributed by atoms with E-state index in [1.807, 2.05) is 35.0 Å². The predicted molar refractivity (Wildman–Crippen MR) is 184 cm³/mol. The Balaban J connectivity index is 1.70. The lowest BCUT2D eigenvalue weighted by Gasteiger charge is -2.28. The summed E-state index contributed by atoms with van der Waals surface area (Å²) in [4.78, 5) is 3.74. The normalized spacial score (nSPS) is 12.8. The zero-order valence-corrected chi connectivity index (χ0v) is 30.9. The van der Waals surface area contributed by atoms with Gasteiger partial charge in [-0.3, -0.25) is 4.57 Å². The molecule has 0 aliphatic carbocycles. The van der Waals surface area contributed by atoms with Gasteiger partial charge in [0, 0.05) is 35.8 Å². The van der Waals surface area contributed by atoms with Gasteiger partial charge in [-0.1, -0.05) is 43.3 Å². The fraction of sp³-hybridized carbons (Fsp3) is 0.344. The molecule has 0 aliphatic heterocycles. The van der Waals surface area contributed by atoms with E-state index in [1.165, 1.54) is 43.6 Å². The molecule has 0 aliphatic rings. The maximum absolute atomic E-state index is 15.3. The molecule has 0 radical (unpaired) electrons. The zero-order chi connectivity index (χ0) is 36.5. The Morgan fingerprint density at radius 1 is 1.00 bits per heavy atom. The second kappa shape index (κ2) is 14.6. The van der Waals surface area contributed by atoms with Crippen LogP contribution in [0.1, 0.15) is 37.1 Å². The summed E-state index contributed by atoms with van der Waals surface area (Å²) in [6.45, 7) is 4.45. The van der Waals surface area contributed by atoms with Crippen LogP contribution in [0.15, 0.2) is 69.7 Å². The predicted octanol–water partition coefficient (Wildman–Crippen LogP) is 5.59. The zero-order valence-electron chi connectivity index (χ0n) is 27.7. The maximum atomic E-state index is 15.3. The molecule has 0 bridgehead atoms. The van der Waals surface area contributed by atoms with Crippen LogP contribution in [-0.2, 0) is 31.2 Å². The number of rotatable bonds is 14. The standard InChI is InChI=1S/C32H38ClF3N5O5S3/c1-32(2,20-8-11-29(24(33)14-20)48(37,42)43)30-18-38-31(40(30)21-9-10-25(34)28(15-21)46-6)47-19-23-26(35)16-22(17-27(23)36)49(44,45)39-12-7-13-41(3,4)5/h8-11,14-18,39H,7,12-13,19H2,1-6H3,(H2,37,42,43)/q+1. The molecular formula is C32H38ClF3N5O5S3+. The van der Waals surface area contributed by atoms with Gasteiger partial charge >= 0.3 is 0 Å². The van der Waals surface area contributed by atoms with E-state index in [0.717, 1.165) is 23.9 Å². The smallest absolute Gasteiger partial charge is 0.240 e. The molecule has 3 aromatic carbocycles. The highest BCUT2D eigenvalue weighted by molar-refractivity contribution is 7.98. The number of ether oxygens (including phenoxy) is 1. The van der Waals surface area contributed by atoms with E-state index in [9.17, 15) is 21.2 Å². The third-order valence-electron chi connectivity index (χ3n) is 7.79. The molecule has 0 fully saturated rings. The van der Waals surface area contributed by atoms with Gasteiger partial charge in [0.25, 0.3) is 0 Å². The van der Waals surface area contributed by atoms with E-state index in [4.69, 9.17) is 21.5 Å². The molecule has 4 rings (SSSR count). The van der Waals surface area contributed by atoms with E-state index in [0.29, 0.717) is 34.4 Å². The van der Waals surface area contributed by atoms with Crippen LogP contribution in [0.5, 0.6) is 5.75 Å². The lowest BCUT2D eigenvalue weighted by Crippen LogP contribution is -2.37. The van der Waals surface area contributed by atoms with Crippen molar-refractivity contribution in [2.75, 3.05) is 41.3 Å². The monoisotopic (exact) mass is 760 g/mol. The average Bonchev–Trinajstić information content (AvgIpc) is 3.43. The summed E-state index contributed by atoms with van der Waals surface area (Å²) >= 11 is 7.27. The Bertz CT molecular complexity index is 2060. The number of imidazole rings is 1. The van der Waals surface area contributed by atoms with E-state index >= 15 is 8.78 Å². The van der Waals surface area contributed by atoms with Gasteiger partial charge in [0.15, 0.2) is 16.7 Å². The summed E-state index contributed by atoms with van der Waals surface area (Å²) in [6, 6.07) is 9.99. The molecule has 1 heterocycles. The number of halogens is 4. The number of thioether (sulfide) groups is 1. The third kappa shape index (κ3) is 8.98. The lowest BCUT2D eigenvalue weighted by molar-refractivity contribution is -0.870. The highest BCUT2D eigenvalue weighted by atomic mass is 35.5. The molecule has 266 valence electrons. The van der Waals surface area contributed by atoms with Crippen LogP contribution in [-0.4, -0.2) is 72.2 Å². The molecule has 4 aromatic rings. The molecule has 0 spiro atoms. The van der Waals surface area contributed by atoms with Crippen LogP contribution in [0.4, 0.5) is 13.2 Å². The van der Waals surface area contributed by atoms with Crippen molar-refractivity contribution in [1.82, 2.24) is 14.3 Å². The van der Waals surface area contributed by atoms with Crippen molar-refractivity contribution in [3.8, 4) is 11.4 Å². The number of benzene rings is 3. The first-order chi connectivity index (χ1) is 22.7. The second-order valence-electron chi connectivity index (χ2n) is 12.8. The van der Waals surface area contributed by atoms with Gasteiger partial charge in [0.1, 0.15) is 16.5 Å². The number of aromatic nitrogens is 2. The molecule has 17 heteroatoms. The summed E-state index contributed by atoms with van der Waals surface area (Å²) < 4.78 is 104. The first kappa shape index (κ1) is 38.7. The molecule has 10 nitrogen and oxygen atoms in total. The second-order valence-corrected chi connectivity index (χ2v) is 17.5. The molecule has 49 heavy (non-hydrogen) atoms. The Hall–Kier alpha value is -3.12. The third-order valence-corrected chi connectivity index (χ3v) is 11.6. The van der Waals surface area contributed by atoms with Gasteiger partial charge in [-0.25, -0.2) is 44.9 Å². The number of nitrogens with two attached hydrogens (primary N) is 1. The minimum atomic E-state index is -4.17. The minimum absolute atomic E-state index is 0.0635. The van der Waals surface area contributed by atoms with E-state index < -0.39 is 47.8 Å². The van der Waals surface area contributed by atoms with Crippen molar-refractivity contribution in [1.29, 1.82) is 0 Å². The van der Waals surface area contributed by atoms with Crippen LogP contribution >= 0.6 is 23.4 Å². The summed E-state index contributed by atoms with van der Waals surface area (Å²) in [7, 11) is -1.04. The topological polar surface area (TPSA) is 133 Å². The van der Waals surface area contributed by atoms with Crippen LogP contribution in [0.25, 0.3) is 5.69 Å². The first-order valence-corrected chi connectivity index (χ1v) is 19.2. The fourth-order valence-electron chi connectivity index (χ4n) is 5.04. The van der Waals surface area contributed by atoms with Crippen molar-refractivity contribution in [3.63, 3.8) is 0 Å². The summed E-state index contributed by atoms with van der Waals surface area (Å²) in [6.07, 6.45) is 2.06. The number of quaternary nitrogens is 1. The average molecular weight is 761 g/mol. The van der Waals surface area contributed by atoms with Gasteiger partial charge in [-0.05, 0) is 42.0 Å². The lowest BCUT2D eigenvalue weighted by atomic mass is 9.81. The largest absolute Gasteiger partial charge is 0.494 e. The van der Waals surface area contributed by atoms with Crippen LogP contribution in [0.3, 0.4) is 0 Å². The highest BCUT2D eigenvalue weighted by Crippen LogP contribution is 2.39. The van der Waals surface area contributed by atoms with E-state index in [1.54, 1.807) is 10.6 Å². The molecule has 3 N–H and O–H groups in total.